The molecule has 3 aromatic rings. The number of fused-ring (bicyclic) bond motifs is 1. The van der Waals surface area contributed by atoms with Crippen molar-refractivity contribution >= 4 is 10.9 Å². The maximum atomic E-state index is 13.1. The van der Waals surface area contributed by atoms with Crippen LogP contribution < -0.4 is 5.56 Å². The van der Waals surface area contributed by atoms with Gasteiger partial charge in [0.1, 0.15) is 0 Å². The standard InChI is InChI=1S/C25H36N6O/c1-6-21(23-27-28-29-31(23)25(3,4)5)30(20-13-8-7-9-14-20)16-19-15-18-12-10-11-17(2)22(18)26-24(19)32/h10-12,15,20-21H,6-9,13-14,16H2,1-5H3,(H,26,32). The molecule has 2 aromatic heterocycles. The van der Waals surface area contributed by atoms with Gasteiger partial charge >= 0.3 is 0 Å². The molecule has 0 amide bonds. The van der Waals surface area contributed by atoms with E-state index < -0.39 is 0 Å². The highest BCUT2D eigenvalue weighted by Gasteiger charge is 2.33. The van der Waals surface area contributed by atoms with E-state index >= 15 is 0 Å². The van der Waals surface area contributed by atoms with E-state index in [-0.39, 0.29) is 17.1 Å². The Kier molecular flexibility index (Phi) is 6.47. The summed E-state index contributed by atoms with van der Waals surface area (Å²) in [5.74, 6) is 0.888. The maximum Gasteiger partial charge on any atom is 0.252 e. The molecule has 0 spiro atoms. The van der Waals surface area contributed by atoms with E-state index in [1.165, 1.54) is 19.3 Å². The lowest BCUT2D eigenvalue weighted by Gasteiger charge is -2.39. The summed E-state index contributed by atoms with van der Waals surface area (Å²) < 4.78 is 1.95. The van der Waals surface area contributed by atoms with Crippen LogP contribution >= 0.6 is 0 Å². The first-order valence-electron chi connectivity index (χ1n) is 12.0. The van der Waals surface area contributed by atoms with Gasteiger partial charge in [-0.15, -0.1) is 5.10 Å². The van der Waals surface area contributed by atoms with E-state index in [4.69, 9.17) is 0 Å². The molecular formula is C25H36N6O. The smallest absolute Gasteiger partial charge is 0.252 e. The third-order valence-electron chi connectivity index (χ3n) is 6.78. The van der Waals surface area contributed by atoms with Crippen LogP contribution in [0.25, 0.3) is 10.9 Å². The number of benzene rings is 1. The van der Waals surface area contributed by atoms with Crippen LogP contribution in [0.4, 0.5) is 0 Å². The molecule has 2 heterocycles. The van der Waals surface area contributed by atoms with Crippen molar-refractivity contribution in [2.75, 3.05) is 0 Å². The highest BCUT2D eigenvalue weighted by Crippen LogP contribution is 2.34. The number of aryl methyl sites for hydroxylation is 1. The number of tetrazole rings is 1. The van der Waals surface area contributed by atoms with E-state index in [0.717, 1.165) is 47.1 Å². The maximum absolute atomic E-state index is 13.1. The van der Waals surface area contributed by atoms with Crippen LogP contribution in [-0.4, -0.2) is 36.1 Å². The third kappa shape index (κ3) is 4.49. The first kappa shape index (κ1) is 22.6. The number of hydrogen-bond donors (Lipinski definition) is 1. The van der Waals surface area contributed by atoms with Gasteiger partial charge in [-0.1, -0.05) is 44.4 Å². The fourth-order valence-corrected chi connectivity index (χ4v) is 5.09. The minimum Gasteiger partial charge on any atom is -0.321 e. The fraction of sp³-hybridized carbons (Fsp3) is 0.600. The lowest BCUT2D eigenvalue weighted by molar-refractivity contribution is 0.0810. The number of aromatic nitrogens is 5. The molecule has 1 atom stereocenters. The molecule has 172 valence electrons. The van der Waals surface area contributed by atoms with Crippen molar-refractivity contribution < 1.29 is 0 Å². The summed E-state index contributed by atoms with van der Waals surface area (Å²) in [5, 5.41) is 13.9. The second-order valence-electron chi connectivity index (χ2n) is 10.2. The van der Waals surface area contributed by atoms with E-state index in [2.05, 4.69) is 65.2 Å². The van der Waals surface area contributed by atoms with E-state index in [1.807, 2.05) is 23.7 Å². The van der Waals surface area contributed by atoms with Gasteiger partial charge in [-0.3, -0.25) is 9.69 Å². The summed E-state index contributed by atoms with van der Waals surface area (Å²) in [7, 11) is 0. The Morgan fingerprint density at radius 1 is 1.22 bits per heavy atom. The molecular weight excluding hydrogens is 400 g/mol. The Bertz CT molecular complexity index is 1120. The van der Waals surface area contributed by atoms with Crippen molar-refractivity contribution in [1.82, 2.24) is 30.1 Å². The molecule has 0 saturated heterocycles. The van der Waals surface area contributed by atoms with Gasteiger partial charge in [-0.2, -0.15) is 0 Å². The van der Waals surface area contributed by atoms with Gasteiger partial charge in [-0.25, -0.2) is 4.68 Å². The van der Waals surface area contributed by atoms with Crippen molar-refractivity contribution in [1.29, 1.82) is 0 Å². The van der Waals surface area contributed by atoms with Crippen LogP contribution in [0.15, 0.2) is 29.1 Å². The third-order valence-corrected chi connectivity index (χ3v) is 6.78. The average molecular weight is 437 g/mol. The molecule has 1 fully saturated rings. The topological polar surface area (TPSA) is 79.7 Å². The number of nitrogens with zero attached hydrogens (tertiary/aromatic N) is 5. The highest BCUT2D eigenvalue weighted by atomic mass is 16.1. The second kappa shape index (κ2) is 9.14. The quantitative estimate of drug-likeness (QED) is 0.597. The number of pyridine rings is 1. The van der Waals surface area contributed by atoms with Crippen molar-refractivity contribution in [2.24, 2.45) is 0 Å². The lowest BCUT2D eigenvalue weighted by atomic mass is 9.92. The number of aromatic amines is 1. The van der Waals surface area contributed by atoms with Crippen LogP contribution in [0.3, 0.4) is 0 Å². The SMILES string of the molecule is CCC(c1nnnn1C(C)(C)C)N(Cc1cc2cccc(C)c2[nH]c1=O)C1CCCCC1. The fourth-order valence-electron chi connectivity index (χ4n) is 5.09. The zero-order chi connectivity index (χ0) is 22.9. The van der Waals surface area contributed by atoms with Gasteiger partial charge in [0.2, 0.25) is 0 Å². The van der Waals surface area contributed by atoms with E-state index in [1.54, 1.807) is 0 Å². The number of para-hydroxylation sites is 1. The van der Waals surface area contributed by atoms with Crippen molar-refractivity contribution in [3.63, 3.8) is 0 Å². The molecule has 7 heteroatoms. The lowest BCUT2D eigenvalue weighted by Crippen LogP contribution is -2.42. The first-order chi connectivity index (χ1) is 15.3. The molecule has 1 aliphatic carbocycles. The number of rotatable bonds is 6. The molecule has 4 rings (SSSR count). The van der Waals surface area contributed by atoms with Gasteiger partial charge in [0.15, 0.2) is 5.82 Å². The van der Waals surface area contributed by atoms with Crippen LogP contribution in [0.1, 0.15) is 89.2 Å². The Morgan fingerprint density at radius 3 is 2.66 bits per heavy atom. The summed E-state index contributed by atoms with van der Waals surface area (Å²) in [6.45, 7) is 11.2. The first-order valence-corrected chi connectivity index (χ1v) is 12.0. The van der Waals surface area contributed by atoms with Crippen LogP contribution in [0.2, 0.25) is 0 Å². The van der Waals surface area contributed by atoms with Crippen LogP contribution in [-0.2, 0) is 12.1 Å². The monoisotopic (exact) mass is 436 g/mol. The second-order valence-corrected chi connectivity index (χ2v) is 10.2. The molecule has 1 saturated carbocycles. The van der Waals surface area contributed by atoms with Gasteiger partial charge in [0, 0.05) is 18.2 Å². The predicted molar refractivity (Wildman–Crippen MR) is 128 cm³/mol. The van der Waals surface area contributed by atoms with Crippen LogP contribution in [0, 0.1) is 6.92 Å². The molecule has 1 aliphatic rings. The zero-order valence-corrected chi connectivity index (χ0v) is 20.1. The molecule has 1 unspecified atom stereocenters. The highest BCUT2D eigenvalue weighted by molar-refractivity contribution is 5.81. The molecule has 32 heavy (non-hydrogen) atoms. The summed E-state index contributed by atoms with van der Waals surface area (Å²) in [6, 6.07) is 8.70. The largest absolute Gasteiger partial charge is 0.321 e. The minimum absolute atomic E-state index is 0.00197. The Balaban J connectivity index is 1.76. The molecule has 0 radical (unpaired) electrons. The van der Waals surface area contributed by atoms with Gasteiger partial charge < -0.3 is 4.98 Å². The molecule has 7 nitrogen and oxygen atoms in total. The summed E-state index contributed by atoms with van der Waals surface area (Å²) in [6.07, 6.45) is 6.94. The summed E-state index contributed by atoms with van der Waals surface area (Å²) in [4.78, 5) is 18.7. The van der Waals surface area contributed by atoms with Crippen molar-refractivity contribution in [3.05, 3.63) is 51.6 Å². The van der Waals surface area contributed by atoms with Crippen LogP contribution in [0.5, 0.6) is 0 Å². The van der Waals surface area contributed by atoms with E-state index in [9.17, 15) is 4.79 Å². The molecule has 0 aliphatic heterocycles. The number of hydrogen-bond acceptors (Lipinski definition) is 5. The Labute approximate surface area is 190 Å². The Hall–Kier alpha value is -2.54. The number of nitrogens with one attached hydrogen (secondary N) is 1. The Morgan fingerprint density at radius 2 is 1.97 bits per heavy atom. The van der Waals surface area contributed by atoms with Gasteiger partial charge in [0.25, 0.3) is 5.56 Å². The normalized spacial score (nSPS) is 16.7. The molecule has 1 aromatic carbocycles. The van der Waals surface area contributed by atoms with Gasteiger partial charge in [-0.05, 0) is 74.4 Å². The van der Waals surface area contributed by atoms with Crippen molar-refractivity contribution in [3.8, 4) is 0 Å². The molecule has 0 bridgehead atoms. The van der Waals surface area contributed by atoms with Crippen molar-refractivity contribution in [2.45, 2.75) is 97.3 Å². The minimum atomic E-state index is -0.206. The number of H-pyrrole nitrogens is 1. The van der Waals surface area contributed by atoms with Gasteiger partial charge in [0.05, 0.1) is 17.1 Å². The average Bonchev–Trinajstić information content (AvgIpc) is 3.26. The van der Waals surface area contributed by atoms with E-state index in [0.29, 0.717) is 12.6 Å². The zero-order valence-electron chi connectivity index (χ0n) is 20.1. The predicted octanol–water partition coefficient (Wildman–Crippen LogP) is 4.86. The molecule has 1 N–H and O–H groups in total. The summed E-state index contributed by atoms with van der Waals surface area (Å²) >= 11 is 0. The summed E-state index contributed by atoms with van der Waals surface area (Å²) in [5.41, 5.74) is 2.61.